The summed E-state index contributed by atoms with van der Waals surface area (Å²) in [5, 5.41) is 8.38. The van der Waals surface area contributed by atoms with E-state index in [1.54, 1.807) is 25.4 Å². The zero-order valence-corrected chi connectivity index (χ0v) is 11.0. The van der Waals surface area contributed by atoms with Gasteiger partial charge in [-0.1, -0.05) is 12.1 Å². The van der Waals surface area contributed by atoms with Crippen molar-refractivity contribution in [1.29, 1.82) is 0 Å². The van der Waals surface area contributed by atoms with Gasteiger partial charge in [0.2, 0.25) is 5.88 Å². The summed E-state index contributed by atoms with van der Waals surface area (Å²) in [5.74, 6) is 1.32. The molecular weight excluding hydrogens is 258 g/mol. The standard InChI is InChI=1S/C14H15N3O3/c1-19-13-5-2-11(3-6-13)9-20-14-7-4-12(8-15-14)16-10-17-18/h2-8,10,18H,9H2,1H3,(H,16,17). The molecule has 104 valence electrons. The average molecular weight is 273 g/mol. The fraction of sp³-hybridized carbons (Fsp3) is 0.143. The van der Waals surface area contributed by atoms with Crippen molar-refractivity contribution in [2.45, 2.75) is 6.61 Å². The maximum Gasteiger partial charge on any atom is 0.213 e. The van der Waals surface area contributed by atoms with Gasteiger partial charge in [0.05, 0.1) is 19.0 Å². The smallest absolute Gasteiger partial charge is 0.213 e. The van der Waals surface area contributed by atoms with Crippen LogP contribution in [-0.4, -0.2) is 23.6 Å². The van der Waals surface area contributed by atoms with E-state index in [0.29, 0.717) is 18.2 Å². The van der Waals surface area contributed by atoms with Crippen LogP contribution < -0.4 is 15.0 Å². The summed E-state index contributed by atoms with van der Waals surface area (Å²) in [6.45, 7) is 0.428. The fourth-order valence-corrected chi connectivity index (χ4v) is 1.52. The van der Waals surface area contributed by atoms with Crippen LogP contribution in [0.1, 0.15) is 5.56 Å². The maximum absolute atomic E-state index is 8.38. The van der Waals surface area contributed by atoms with Crippen molar-refractivity contribution < 1.29 is 14.7 Å². The molecule has 0 aliphatic heterocycles. The van der Waals surface area contributed by atoms with E-state index in [4.69, 9.17) is 14.7 Å². The van der Waals surface area contributed by atoms with Gasteiger partial charge in [-0.3, -0.25) is 10.7 Å². The highest BCUT2D eigenvalue weighted by molar-refractivity contribution is 5.59. The Bertz CT molecular complexity index is 553. The third-order valence-electron chi connectivity index (χ3n) is 2.54. The van der Waals surface area contributed by atoms with Crippen molar-refractivity contribution in [3.8, 4) is 11.6 Å². The number of benzene rings is 1. The van der Waals surface area contributed by atoms with Crippen molar-refractivity contribution in [2.75, 3.05) is 7.11 Å². The zero-order chi connectivity index (χ0) is 14.2. The molecular formula is C14H15N3O3. The third kappa shape index (κ3) is 3.96. The molecule has 1 aromatic heterocycles. The number of rotatable bonds is 6. The minimum atomic E-state index is 0.428. The first-order chi connectivity index (χ1) is 9.81. The summed E-state index contributed by atoms with van der Waals surface area (Å²) in [7, 11) is 1.63. The van der Waals surface area contributed by atoms with Gasteiger partial charge < -0.3 is 9.47 Å². The first-order valence-electron chi connectivity index (χ1n) is 5.96. The quantitative estimate of drug-likeness (QED) is 0.480. The summed E-state index contributed by atoms with van der Waals surface area (Å²) in [6.07, 6.45) is 2.71. The first-order valence-corrected chi connectivity index (χ1v) is 5.96. The molecule has 2 rings (SSSR count). The molecule has 2 N–H and O–H groups in total. The van der Waals surface area contributed by atoms with Crippen LogP contribution in [0.5, 0.6) is 11.6 Å². The van der Waals surface area contributed by atoms with Crippen LogP contribution in [0.4, 0.5) is 5.69 Å². The van der Waals surface area contributed by atoms with Crippen LogP contribution in [0, 0.1) is 0 Å². The second-order valence-electron chi connectivity index (χ2n) is 3.88. The molecule has 0 aliphatic carbocycles. The molecule has 1 heterocycles. The van der Waals surface area contributed by atoms with Crippen molar-refractivity contribution in [3.63, 3.8) is 0 Å². The van der Waals surface area contributed by atoms with Crippen molar-refractivity contribution in [1.82, 2.24) is 10.5 Å². The number of pyridine rings is 1. The Kier molecular flexibility index (Phi) is 4.91. The number of ether oxygens (including phenoxy) is 2. The predicted molar refractivity (Wildman–Crippen MR) is 74.6 cm³/mol. The Hall–Kier alpha value is -2.60. The normalized spacial score (nSPS) is 10.5. The molecule has 0 fully saturated rings. The largest absolute Gasteiger partial charge is 0.497 e. The lowest BCUT2D eigenvalue weighted by Crippen LogP contribution is -2.01. The lowest BCUT2D eigenvalue weighted by molar-refractivity contribution is 0.240. The lowest BCUT2D eigenvalue weighted by atomic mass is 10.2. The Balaban J connectivity index is 1.91. The highest BCUT2D eigenvalue weighted by Gasteiger charge is 1.98. The maximum atomic E-state index is 8.38. The Labute approximate surface area is 116 Å². The van der Waals surface area contributed by atoms with Crippen LogP contribution in [-0.2, 0) is 6.61 Å². The summed E-state index contributed by atoms with van der Waals surface area (Å²) >= 11 is 0. The van der Waals surface area contributed by atoms with E-state index in [0.717, 1.165) is 17.7 Å². The van der Waals surface area contributed by atoms with Gasteiger partial charge in [-0.25, -0.2) is 9.98 Å². The second kappa shape index (κ2) is 7.10. The van der Waals surface area contributed by atoms with E-state index >= 15 is 0 Å². The Morgan fingerprint density at radius 2 is 2.05 bits per heavy atom. The SMILES string of the molecule is COc1ccc(COc2ccc(N=CNO)cn2)cc1. The molecule has 0 spiro atoms. The molecule has 0 unspecified atom stereocenters. The molecule has 20 heavy (non-hydrogen) atoms. The first kappa shape index (κ1) is 13.8. The van der Waals surface area contributed by atoms with Crippen LogP contribution >= 0.6 is 0 Å². The van der Waals surface area contributed by atoms with Crippen molar-refractivity contribution in [3.05, 3.63) is 48.2 Å². The summed E-state index contributed by atoms with van der Waals surface area (Å²) in [6, 6.07) is 11.1. The molecule has 0 saturated carbocycles. The van der Waals surface area contributed by atoms with E-state index in [9.17, 15) is 0 Å². The van der Waals surface area contributed by atoms with Crippen LogP contribution in [0.15, 0.2) is 47.6 Å². The third-order valence-corrected chi connectivity index (χ3v) is 2.54. The van der Waals surface area contributed by atoms with Gasteiger partial charge in [-0.15, -0.1) is 0 Å². The van der Waals surface area contributed by atoms with Gasteiger partial charge >= 0.3 is 0 Å². The number of aromatic nitrogens is 1. The van der Waals surface area contributed by atoms with Gasteiger partial charge in [-0.2, -0.15) is 0 Å². The minimum absolute atomic E-state index is 0.428. The van der Waals surface area contributed by atoms with Gasteiger partial charge in [0.25, 0.3) is 0 Å². The van der Waals surface area contributed by atoms with Crippen molar-refractivity contribution in [2.24, 2.45) is 4.99 Å². The predicted octanol–water partition coefficient (Wildman–Crippen LogP) is 2.31. The molecule has 6 nitrogen and oxygen atoms in total. The summed E-state index contributed by atoms with van der Waals surface area (Å²) in [5.41, 5.74) is 3.47. The van der Waals surface area contributed by atoms with Crippen molar-refractivity contribution >= 4 is 12.0 Å². The number of hydrogen-bond donors (Lipinski definition) is 2. The molecule has 0 radical (unpaired) electrons. The van der Waals surface area contributed by atoms with E-state index in [-0.39, 0.29) is 0 Å². The highest BCUT2D eigenvalue weighted by atomic mass is 16.5. The Morgan fingerprint density at radius 3 is 2.65 bits per heavy atom. The average Bonchev–Trinajstić information content (AvgIpc) is 2.52. The Morgan fingerprint density at radius 1 is 1.25 bits per heavy atom. The van der Waals surface area contributed by atoms with Gasteiger partial charge in [0, 0.05) is 6.07 Å². The summed E-state index contributed by atoms with van der Waals surface area (Å²) < 4.78 is 10.6. The monoisotopic (exact) mass is 273 g/mol. The number of aliphatic imine (C=N–C) groups is 1. The number of hydroxylamine groups is 1. The van der Waals surface area contributed by atoms with Gasteiger partial charge in [-0.05, 0) is 23.8 Å². The number of methoxy groups -OCH3 is 1. The van der Waals surface area contributed by atoms with Crippen LogP contribution in [0.25, 0.3) is 0 Å². The van der Waals surface area contributed by atoms with Gasteiger partial charge in [0.1, 0.15) is 18.7 Å². The molecule has 2 aromatic rings. The van der Waals surface area contributed by atoms with E-state index in [1.165, 1.54) is 0 Å². The number of hydrogen-bond acceptors (Lipinski definition) is 5. The molecule has 0 bridgehead atoms. The summed E-state index contributed by atoms with van der Waals surface area (Å²) in [4.78, 5) is 8.00. The zero-order valence-electron chi connectivity index (χ0n) is 11.0. The molecule has 0 atom stereocenters. The molecule has 0 aliphatic rings. The molecule has 1 aromatic carbocycles. The van der Waals surface area contributed by atoms with E-state index in [1.807, 2.05) is 29.7 Å². The molecule has 6 heteroatoms. The number of nitrogens with zero attached hydrogens (tertiary/aromatic N) is 2. The molecule has 0 amide bonds. The molecule has 0 saturated heterocycles. The van der Waals surface area contributed by atoms with Crippen LogP contribution in [0.3, 0.4) is 0 Å². The number of nitrogens with one attached hydrogen (secondary N) is 1. The highest BCUT2D eigenvalue weighted by Crippen LogP contribution is 2.16. The fourth-order valence-electron chi connectivity index (χ4n) is 1.52. The lowest BCUT2D eigenvalue weighted by Gasteiger charge is -2.06. The second-order valence-corrected chi connectivity index (χ2v) is 3.88. The minimum Gasteiger partial charge on any atom is -0.497 e. The van der Waals surface area contributed by atoms with E-state index < -0.39 is 0 Å². The topological polar surface area (TPSA) is 76.0 Å². The van der Waals surface area contributed by atoms with Gasteiger partial charge in [0.15, 0.2) is 0 Å². The van der Waals surface area contributed by atoms with E-state index in [2.05, 4.69) is 9.98 Å². The van der Waals surface area contributed by atoms with Crippen LogP contribution in [0.2, 0.25) is 0 Å².